The van der Waals surface area contributed by atoms with Crippen molar-refractivity contribution >= 4 is 17.3 Å². The highest BCUT2D eigenvalue weighted by molar-refractivity contribution is 6.33. The van der Waals surface area contributed by atoms with E-state index in [9.17, 15) is 0 Å². The number of hydrogen-bond donors (Lipinski definition) is 1. The van der Waals surface area contributed by atoms with Crippen LogP contribution in [-0.2, 0) is 0 Å². The summed E-state index contributed by atoms with van der Waals surface area (Å²) in [5, 5.41) is 4.37. The van der Waals surface area contributed by atoms with E-state index in [1.54, 1.807) is 0 Å². The third-order valence-electron chi connectivity index (χ3n) is 3.22. The second-order valence-corrected chi connectivity index (χ2v) is 4.51. The normalized spacial score (nSPS) is 29.9. The van der Waals surface area contributed by atoms with Crippen molar-refractivity contribution in [2.45, 2.75) is 18.5 Å². The minimum absolute atomic E-state index is 0.653. The van der Waals surface area contributed by atoms with Crippen LogP contribution in [-0.4, -0.2) is 25.2 Å². The van der Waals surface area contributed by atoms with Gasteiger partial charge in [0.25, 0.3) is 0 Å². The Morgan fingerprint density at radius 1 is 1.36 bits per heavy atom. The van der Waals surface area contributed by atoms with Gasteiger partial charge in [-0.2, -0.15) is 0 Å². The summed E-state index contributed by atoms with van der Waals surface area (Å²) in [4.78, 5) is 2.43. The van der Waals surface area contributed by atoms with E-state index in [0.717, 1.165) is 18.1 Å². The number of para-hydroxylation sites is 1. The van der Waals surface area contributed by atoms with Crippen molar-refractivity contribution in [3.63, 3.8) is 0 Å². The van der Waals surface area contributed by atoms with Gasteiger partial charge >= 0.3 is 0 Å². The van der Waals surface area contributed by atoms with Crippen molar-refractivity contribution in [1.29, 1.82) is 0 Å². The Balaban J connectivity index is 1.93. The lowest BCUT2D eigenvalue weighted by molar-refractivity contribution is 0.580. The van der Waals surface area contributed by atoms with E-state index in [-0.39, 0.29) is 0 Å². The molecule has 0 aliphatic carbocycles. The molecule has 2 bridgehead atoms. The van der Waals surface area contributed by atoms with E-state index in [1.165, 1.54) is 12.1 Å². The van der Waals surface area contributed by atoms with Crippen LogP contribution < -0.4 is 10.2 Å². The number of anilines is 1. The molecule has 2 atom stereocenters. The van der Waals surface area contributed by atoms with Crippen LogP contribution in [0.1, 0.15) is 6.42 Å². The maximum Gasteiger partial charge on any atom is 0.0639 e. The van der Waals surface area contributed by atoms with Gasteiger partial charge < -0.3 is 10.2 Å². The number of hydrogen-bond acceptors (Lipinski definition) is 2. The van der Waals surface area contributed by atoms with Gasteiger partial charge in [0, 0.05) is 25.2 Å². The van der Waals surface area contributed by atoms with E-state index in [0.29, 0.717) is 12.1 Å². The van der Waals surface area contributed by atoms with Gasteiger partial charge in [0.15, 0.2) is 0 Å². The number of rotatable bonds is 1. The lowest BCUT2D eigenvalue weighted by atomic mass is 10.2. The zero-order chi connectivity index (χ0) is 9.54. The highest BCUT2D eigenvalue weighted by Gasteiger charge is 2.37. The molecule has 1 aromatic rings. The first-order valence-electron chi connectivity index (χ1n) is 5.09. The van der Waals surface area contributed by atoms with E-state index in [2.05, 4.69) is 22.3 Å². The van der Waals surface area contributed by atoms with E-state index in [4.69, 9.17) is 11.6 Å². The molecule has 0 saturated carbocycles. The first-order valence-corrected chi connectivity index (χ1v) is 5.47. The van der Waals surface area contributed by atoms with Gasteiger partial charge in [0.05, 0.1) is 10.7 Å². The largest absolute Gasteiger partial charge is 0.364 e. The Labute approximate surface area is 88.9 Å². The molecule has 1 aromatic carbocycles. The number of piperazine rings is 1. The highest BCUT2D eigenvalue weighted by Crippen LogP contribution is 2.33. The maximum absolute atomic E-state index is 6.18. The molecule has 0 aromatic heterocycles. The predicted molar refractivity (Wildman–Crippen MR) is 59.0 cm³/mol. The van der Waals surface area contributed by atoms with Gasteiger partial charge in [-0.25, -0.2) is 0 Å². The molecule has 3 heteroatoms. The lowest BCUT2D eigenvalue weighted by Crippen LogP contribution is -2.43. The van der Waals surface area contributed by atoms with Crippen molar-refractivity contribution in [2.75, 3.05) is 18.0 Å². The molecular weight excluding hydrogens is 196 g/mol. The third kappa shape index (κ3) is 1.22. The molecule has 74 valence electrons. The molecule has 0 amide bonds. The SMILES string of the molecule is Clc1ccccc1N1C[C@H]2C[C@@H]1CN2. The number of benzene rings is 1. The van der Waals surface area contributed by atoms with Gasteiger partial charge in [-0.3, -0.25) is 0 Å². The average molecular weight is 209 g/mol. The third-order valence-corrected chi connectivity index (χ3v) is 3.54. The highest BCUT2D eigenvalue weighted by atomic mass is 35.5. The molecule has 0 unspecified atom stereocenters. The van der Waals surface area contributed by atoms with E-state index >= 15 is 0 Å². The average Bonchev–Trinajstić information content (AvgIpc) is 2.79. The molecule has 2 heterocycles. The summed E-state index contributed by atoms with van der Waals surface area (Å²) in [5.74, 6) is 0. The summed E-state index contributed by atoms with van der Waals surface area (Å²) < 4.78 is 0. The Kier molecular flexibility index (Phi) is 1.92. The lowest BCUT2D eigenvalue weighted by Gasteiger charge is -2.30. The Morgan fingerprint density at radius 2 is 2.21 bits per heavy atom. The fraction of sp³-hybridized carbons (Fsp3) is 0.455. The molecule has 3 rings (SSSR count). The fourth-order valence-corrected chi connectivity index (χ4v) is 2.78. The topological polar surface area (TPSA) is 15.3 Å². The molecule has 2 nitrogen and oxygen atoms in total. The van der Waals surface area contributed by atoms with Gasteiger partial charge in [-0.05, 0) is 18.6 Å². The molecule has 14 heavy (non-hydrogen) atoms. The van der Waals surface area contributed by atoms with Crippen LogP contribution in [0.25, 0.3) is 0 Å². The second kappa shape index (κ2) is 3.14. The van der Waals surface area contributed by atoms with Gasteiger partial charge in [-0.15, -0.1) is 0 Å². The van der Waals surface area contributed by atoms with Crippen LogP contribution in [0.3, 0.4) is 0 Å². The number of halogens is 1. The van der Waals surface area contributed by atoms with Crippen LogP contribution in [0.15, 0.2) is 24.3 Å². The monoisotopic (exact) mass is 208 g/mol. The van der Waals surface area contributed by atoms with Crippen LogP contribution in [0, 0.1) is 0 Å². The molecule has 2 fully saturated rings. The van der Waals surface area contributed by atoms with Crippen molar-refractivity contribution in [3.05, 3.63) is 29.3 Å². The van der Waals surface area contributed by atoms with Gasteiger partial charge in [-0.1, -0.05) is 23.7 Å². The standard InChI is InChI=1S/C11H13ClN2/c12-10-3-1-2-4-11(10)14-7-8-5-9(14)6-13-8/h1-4,8-9,13H,5-7H2/t8-,9-/m1/s1. The maximum atomic E-state index is 6.18. The molecule has 2 saturated heterocycles. The summed E-state index contributed by atoms with van der Waals surface area (Å²) in [7, 11) is 0. The molecule has 2 aliphatic rings. The van der Waals surface area contributed by atoms with Crippen LogP contribution >= 0.6 is 11.6 Å². The smallest absolute Gasteiger partial charge is 0.0639 e. The summed E-state index contributed by atoms with van der Waals surface area (Å²) in [5.41, 5.74) is 1.20. The first kappa shape index (κ1) is 8.57. The van der Waals surface area contributed by atoms with Crippen LogP contribution in [0.5, 0.6) is 0 Å². The Bertz CT molecular complexity index is 353. The quantitative estimate of drug-likeness (QED) is 0.759. The van der Waals surface area contributed by atoms with Crippen LogP contribution in [0.2, 0.25) is 5.02 Å². The molecule has 2 aliphatic heterocycles. The number of nitrogens with zero attached hydrogens (tertiary/aromatic N) is 1. The van der Waals surface area contributed by atoms with Crippen LogP contribution in [0.4, 0.5) is 5.69 Å². The fourth-order valence-electron chi connectivity index (χ4n) is 2.54. The van der Waals surface area contributed by atoms with Crippen molar-refractivity contribution in [2.24, 2.45) is 0 Å². The summed E-state index contributed by atoms with van der Waals surface area (Å²) in [6.45, 7) is 2.21. The molecule has 1 N–H and O–H groups in total. The zero-order valence-corrected chi connectivity index (χ0v) is 8.67. The number of nitrogens with one attached hydrogen (secondary N) is 1. The summed E-state index contributed by atoms with van der Waals surface area (Å²) >= 11 is 6.18. The molecule has 0 radical (unpaired) electrons. The summed E-state index contributed by atoms with van der Waals surface area (Å²) in [6, 6.07) is 9.45. The zero-order valence-electron chi connectivity index (χ0n) is 7.91. The number of fused-ring (bicyclic) bond motifs is 2. The Hall–Kier alpha value is -0.730. The van der Waals surface area contributed by atoms with E-state index in [1.807, 2.05) is 12.1 Å². The van der Waals surface area contributed by atoms with Gasteiger partial charge in [0.2, 0.25) is 0 Å². The van der Waals surface area contributed by atoms with Crippen molar-refractivity contribution in [1.82, 2.24) is 5.32 Å². The van der Waals surface area contributed by atoms with Crippen molar-refractivity contribution < 1.29 is 0 Å². The van der Waals surface area contributed by atoms with Gasteiger partial charge in [0.1, 0.15) is 0 Å². The second-order valence-electron chi connectivity index (χ2n) is 4.10. The van der Waals surface area contributed by atoms with E-state index < -0.39 is 0 Å². The molecule has 0 spiro atoms. The minimum Gasteiger partial charge on any atom is -0.364 e. The van der Waals surface area contributed by atoms with Crippen molar-refractivity contribution in [3.8, 4) is 0 Å². The first-order chi connectivity index (χ1) is 6.84. The summed E-state index contributed by atoms with van der Waals surface area (Å²) in [6.07, 6.45) is 1.27. The molecular formula is C11H13ClN2. The Morgan fingerprint density at radius 3 is 2.86 bits per heavy atom. The predicted octanol–water partition coefficient (Wildman–Crippen LogP) is 1.89. The minimum atomic E-state index is 0.653.